The first kappa shape index (κ1) is 32.2. The summed E-state index contributed by atoms with van der Waals surface area (Å²) >= 11 is 0. The van der Waals surface area contributed by atoms with Gasteiger partial charge in [0.1, 0.15) is 18.4 Å². The number of methoxy groups -OCH3 is 1. The van der Waals surface area contributed by atoms with E-state index >= 15 is 4.39 Å². The molecule has 7 rings (SSSR count). The van der Waals surface area contributed by atoms with Gasteiger partial charge in [0.25, 0.3) is 5.91 Å². The highest BCUT2D eigenvalue weighted by molar-refractivity contribution is 6.54. The maximum absolute atomic E-state index is 15.9. The molecule has 1 unspecified atom stereocenters. The summed E-state index contributed by atoms with van der Waals surface area (Å²) in [4.78, 5) is 48.8. The molecule has 2 aromatic carbocycles. The van der Waals surface area contributed by atoms with E-state index in [0.29, 0.717) is 44.8 Å². The number of pyridine rings is 1. The van der Waals surface area contributed by atoms with Gasteiger partial charge in [-0.25, -0.2) is 9.18 Å². The normalized spacial score (nSPS) is 18.8. The van der Waals surface area contributed by atoms with E-state index in [2.05, 4.69) is 27.3 Å². The van der Waals surface area contributed by atoms with Crippen LogP contribution < -0.4 is 20.0 Å². The van der Waals surface area contributed by atoms with Crippen LogP contribution in [0.4, 0.5) is 15.8 Å². The summed E-state index contributed by atoms with van der Waals surface area (Å²) in [6, 6.07) is 6.96. The van der Waals surface area contributed by atoms with Crippen molar-refractivity contribution in [2.45, 2.75) is 51.9 Å². The van der Waals surface area contributed by atoms with Crippen molar-refractivity contribution >= 4 is 39.9 Å². The number of halogens is 1. The number of ether oxygens (including phenoxy) is 1. The summed E-state index contributed by atoms with van der Waals surface area (Å²) in [7, 11) is 2.86. The fourth-order valence-electron chi connectivity index (χ4n) is 6.92. The molecule has 4 heterocycles. The number of aromatic nitrogens is 4. The number of hydrogen-bond acceptors (Lipinski definition) is 10. The first-order valence-corrected chi connectivity index (χ1v) is 16.2. The number of hydrogen-bond donors (Lipinski definition) is 1. The van der Waals surface area contributed by atoms with Crippen molar-refractivity contribution in [3.8, 4) is 5.75 Å². The van der Waals surface area contributed by atoms with E-state index in [1.165, 1.54) is 20.4 Å². The van der Waals surface area contributed by atoms with Crippen LogP contribution in [0.5, 0.6) is 5.75 Å². The molecule has 0 radical (unpaired) electrons. The van der Waals surface area contributed by atoms with Crippen LogP contribution in [0.15, 0.2) is 46.6 Å². The highest BCUT2D eigenvalue weighted by Crippen LogP contribution is 2.44. The summed E-state index contributed by atoms with van der Waals surface area (Å²) in [6.07, 6.45) is 4.90. The molecule has 2 fully saturated rings. The van der Waals surface area contributed by atoms with Gasteiger partial charge in [-0.2, -0.15) is 0 Å². The van der Waals surface area contributed by atoms with Crippen molar-refractivity contribution in [1.82, 2.24) is 24.5 Å². The maximum Gasteiger partial charge on any atom is 0.341 e. The molecule has 3 aliphatic rings. The number of carboxylic acids is 1. The van der Waals surface area contributed by atoms with Crippen LogP contribution in [0.3, 0.4) is 0 Å². The largest absolute Gasteiger partial charge is 0.492 e. The van der Waals surface area contributed by atoms with Crippen LogP contribution in [-0.4, -0.2) is 93.6 Å². The number of oxime groups is 1. The number of nitrogens with zero attached hydrogens (tertiary/aromatic N) is 8. The number of carbonyl (C=O) groups excluding carboxylic acids is 1. The Hall–Kier alpha value is -5.31. The fraction of sp³-hybridized carbons (Fsp3) is 0.412. The third-order valence-corrected chi connectivity index (χ3v) is 9.49. The maximum atomic E-state index is 15.9. The van der Waals surface area contributed by atoms with Crippen molar-refractivity contribution in [1.29, 1.82) is 0 Å². The number of aromatic carboxylic acids is 1. The Labute approximate surface area is 280 Å². The zero-order valence-corrected chi connectivity index (χ0v) is 27.7. The predicted octanol–water partition coefficient (Wildman–Crippen LogP) is 3.19. The number of carbonyl (C=O) groups is 2. The molecule has 49 heavy (non-hydrogen) atoms. The molecule has 1 saturated carbocycles. The zero-order valence-electron chi connectivity index (χ0n) is 27.7. The minimum Gasteiger partial charge on any atom is -0.492 e. The van der Waals surface area contributed by atoms with E-state index in [1.807, 2.05) is 36.2 Å². The number of piperazine rings is 1. The summed E-state index contributed by atoms with van der Waals surface area (Å²) in [6.45, 7) is 6.91. The number of benzene rings is 2. The third kappa shape index (κ3) is 5.77. The lowest BCUT2D eigenvalue weighted by Gasteiger charge is -2.41. The van der Waals surface area contributed by atoms with E-state index in [1.54, 1.807) is 14.1 Å². The molecule has 0 bridgehead atoms. The first-order chi connectivity index (χ1) is 23.6. The monoisotopic (exact) mass is 672 g/mol. The number of anilines is 2. The van der Waals surface area contributed by atoms with Gasteiger partial charge in [-0.3, -0.25) is 19.2 Å². The Morgan fingerprint density at radius 1 is 1.12 bits per heavy atom. The highest BCUT2D eigenvalue weighted by Gasteiger charge is 2.36. The van der Waals surface area contributed by atoms with Crippen LogP contribution in [0.25, 0.3) is 10.9 Å². The van der Waals surface area contributed by atoms with Crippen molar-refractivity contribution in [2.75, 3.05) is 50.2 Å². The van der Waals surface area contributed by atoms with Crippen LogP contribution in [0, 0.1) is 12.7 Å². The average Bonchev–Trinajstić information content (AvgIpc) is 3.77. The van der Waals surface area contributed by atoms with Crippen LogP contribution in [-0.2, 0) is 22.7 Å². The van der Waals surface area contributed by atoms with E-state index < -0.39 is 17.2 Å². The molecule has 1 saturated heterocycles. The quantitative estimate of drug-likeness (QED) is 0.249. The molecular formula is C34H37FN8O6. The molecule has 1 amide bonds. The second-order valence-corrected chi connectivity index (χ2v) is 12.8. The van der Waals surface area contributed by atoms with E-state index in [9.17, 15) is 19.5 Å². The molecular weight excluding hydrogens is 635 g/mol. The topological polar surface area (TPSA) is 148 Å². The van der Waals surface area contributed by atoms with Gasteiger partial charge in [-0.15, -0.1) is 5.10 Å². The second kappa shape index (κ2) is 12.6. The van der Waals surface area contributed by atoms with Crippen molar-refractivity contribution in [3.63, 3.8) is 0 Å². The van der Waals surface area contributed by atoms with Crippen LogP contribution in [0.2, 0.25) is 0 Å². The number of aryl methyl sites for hydroxylation is 1. The zero-order chi connectivity index (χ0) is 34.6. The number of fused-ring (bicyclic) bond motifs is 2. The summed E-state index contributed by atoms with van der Waals surface area (Å²) in [5.41, 5.74) is 3.14. The first-order valence-electron chi connectivity index (χ1n) is 16.2. The van der Waals surface area contributed by atoms with Crippen molar-refractivity contribution in [2.24, 2.45) is 5.16 Å². The van der Waals surface area contributed by atoms with Gasteiger partial charge in [-0.05, 0) is 44.9 Å². The molecule has 2 aliphatic heterocycles. The molecule has 1 aliphatic carbocycles. The Balaban J connectivity index is 1.05. The summed E-state index contributed by atoms with van der Waals surface area (Å²) in [5.74, 6) is -1.97. The van der Waals surface area contributed by atoms with Crippen LogP contribution >= 0.6 is 0 Å². The van der Waals surface area contributed by atoms with Gasteiger partial charge in [-0.1, -0.05) is 22.0 Å². The Bertz CT molecular complexity index is 2070. The minimum absolute atomic E-state index is 0.000568. The number of amides is 1. The summed E-state index contributed by atoms with van der Waals surface area (Å²) < 4.78 is 25.1. The lowest BCUT2D eigenvalue weighted by atomic mass is 10.1. The van der Waals surface area contributed by atoms with Gasteiger partial charge >= 0.3 is 5.97 Å². The predicted molar refractivity (Wildman–Crippen MR) is 179 cm³/mol. The van der Waals surface area contributed by atoms with E-state index in [-0.39, 0.29) is 46.1 Å². The van der Waals surface area contributed by atoms with Crippen molar-refractivity contribution in [3.05, 3.63) is 75.1 Å². The molecule has 1 atom stereocenters. The number of rotatable bonds is 10. The van der Waals surface area contributed by atoms with Gasteiger partial charge in [0, 0.05) is 62.8 Å². The van der Waals surface area contributed by atoms with Crippen molar-refractivity contribution < 1.29 is 28.7 Å². The molecule has 14 nitrogen and oxygen atoms in total. The van der Waals surface area contributed by atoms with Gasteiger partial charge in [0.15, 0.2) is 17.3 Å². The summed E-state index contributed by atoms with van der Waals surface area (Å²) in [5, 5.41) is 22.3. The fourth-order valence-corrected chi connectivity index (χ4v) is 6.92. The Morgan fingerprint density at radius 3 is 2.61 bits per heavy atom. The molecule has 256 valence electrons. The van der Waals surface area contributed by atoms with Gasteiger partial charge < -0.3 is 29.0 Å². The SMILES string of the molecule is CO/N=C1\C(=O)N(CCn2cc(CN3CCN(c4c(F)cc5c(=O)c(C(=O)O)cn(C6CC6)c5c4OC)CC3C)nn2)c2ccc(C)cc21. The standard InChI is InChI=1S/C34H37FN8O6/c1-19-5-8-27-23(13-19)28(37-49-4)33(45)42(27)12-11-41-17-21(36-38-41)16-39-9-10-40(15-20(39)2)30-26(35)14-24-29(32(30)48-3)43(22-6-7-22)18-25(31(24)44)34(46)47/h5,8,13-14,17-18,20,22H,6-7,9-12,15-16H2,1-4H3,(H,46,47)/b37-28-. The highest BCUT2D eigenvalue weighted by atomic mass is 19.1. The smallest absolute Gasteiger partial charge is 0.341 e. The average molecular weight is 673 g/mol. The Kier molecular flexibility index (Phi) is 8.30. The second-order valence-electron chi connectivity index (χ2n) is 12.8. The molecule has 4 aromatic rings. The van der Waals surface area contributed by atoms with E-state index in [0.717, 1.165) is 41.4 Å². The number of carboxylic acid groups (broad SMARTS) is 1. The minimum atomic E-state index is -1.34. The lowest BCUT2D eigenvalue weighted by Crippen LogP contribution is -2.51. The Morgan fingerprint density at radius 2 is 1.92 bits per heavy atom. The third-order valence-electron chi connectivity index (χ3n) is 9.49. The lowest BCUT2D eigenvalue weighted by molar-refractivity contribution is -0.112. The van der Waals surface area contributed by atoms with Gasteiger partial charge in [0.05, 0.1) is 35.9 Å². The molecule has 0 spiro atoms. The van der Waals surface area contributed by atoms with E-state index in [4.69, 9.17) is 9.57 Å². The molecule has 15 heteroatoms. The van der Waals surface area contributed by atoms with Crippen LogP contribution in [0.1, 0.15) is 53.0 Å². The molecule has 2 aromatic heterocycles. The molecule has 1 N–H and O–H groups in total. The van der Waals surface area contributed by atoms with Gasteiger partial charge in [0.2, 0.25) is 5.43 Å².